The standard InChI is InChI=1S/C25H27ClN4O/c1-17-15-25(2,3)29(4)23-14-22(26)19(13-21(17)23)16-27-28-24(31)18-8-7-9-20(12-18)30-10-5-6-11-30/h5-14,16-17H,15H2,1-4H3,(H,28,31)/b27-16+. The molecule has 6 heteroatoms. The lowest BCUT2D eigenvalue weighted by Crippen LogP contribution is -2.45. The zero-order chi connectivity index (χ0) is 22.2. The molecule has 0 aliphatic carbocycles. The summed E-state index contributed by atoms with van der Waals surface area (Å²) in [6.07, 6.45) is 6.55. The van der Waals surface area contributed by atoms with Crippen molar-refractivity contribution >= 4 is 29.4 Å². The fourth-order valence-corrected chi connectivity index (χ4v) is 4.45. The third kappa shape index (κ3) is 4.23. The van der Waals surface area contributed by atoms with E-state index in [9.17, 15) is 4.79 Å². The fraction of sp³-hybridized carbons (Fsp3) is 0.280. The van der Waals surface area contributed by atoms with Crippen LogP contribution in [0.25, 0.3) is 5.69 Å². The molecule has 1 N–H and O–H groups in total. The molecule has 0 saturated carbocycles. The van der Waals surface area contributed by atoms with Crippen LogP contribution in [0.4, 0.5) is 5.69 Å². The van der Waals surface area contributed by atoms with Crippen LogP contribution in [0.2, 0.25) is 5.02 Å². The summed E-state index contributed by atoms with van der Waals surface area (Å²) in [5, 5.41) is 4.78. The maximum atomic E-state index is 12.6. The monoisotopic (exact) mass is 434 g/mol. The molecule has 2 heterocycles. The first-order valence-corrected chi connectivity index (χ1v) is 10.8. The molecule has 1 aliphatic rings. The first-order valence-electron chi connectivity index (χ1n) is 10.4. The molecular weight excluding hydrogens is 408 g/mol. The summed E-state index contributed by atoms with van der Waals surface area (Å²) in [6.45, 7) is 6.73. The van der Waals surface area contributed by atoms with Gasteiger partial charge in [-0.05, 0) is 74.2 Å². The third-order valence-electron chi connectivity index (χ3n) is 6.13. The Morgan fingerprint density at radius 2 is 1.94 bits per heavy atom. The van der Waals surface area contributed by atoms with E-state index in [2.05, 4.69) is 49.3 Å². The van der Waals surface area contributed by atoms with Crippen LogP contribution in [-0.4, -0.2) is 29.3 Å². The Hall–Kier alpha value is -3.05. The second-order valence-electron chi connectivity index (χ2n) is 8.75. The number of nitrogens with one attached hydrogen (secondary N) is 1. The van der Waals surface area contributed by atoms with E-state index in [-0.39, 0.29) is 11.4 Å². The van der Waals surface area contributed by atoms with E-state index in [4.69, 9.17) is 11.6 Å². The van der Waals surface area contributed by atoms with Crippen LogP contribution in [0.15, 0.2) is 66.0 Å². The average molecular weight is 435 g/mol. The van der Waals surface area contributed by atoms with Gasteiger partial charge in [-0.3, -0.25) is 4.79 Å². The van der Waals surface area contributed by atoms with Gasteiger partial charge in [0.1, 0.15) is 0 Å². The summed E-state index contributed by atoms with van der Waals surface area (Å²) in [6, 6.07) is 15.4. The Morgan fingerprint density at radius 1 is 1.19 bits per heavy atom. The van der Waals surface area contributed by atoms with E-state index in [1.807, 2.05) is 53.4 Å². The topological polar surface area (TPSA) is 49.6 Å². The van der Waals surface area contributed by atoms with E-state index < -0.39 is 0 Å². The predicted molar refractivity (Wildman–Crippen MR) is 128 cm³/mol. The minimum Gasteiger partial charge on any atom is -0.369 e. The number of carbonyl (C=O) groups excluding carboxylic acids is 1. The molecule has 0 fully saturated rings. The van der Waals surface area contributed by atoms with Crippen molar-refractivity contribution in [3.05, 3.63) is 82.6 Å². The Morgan fingerprint density at radius 3 is 2.68 bits per heavy atom. The molecule has 0 saturated heterocycles. The van der Waals surface area contributed by atoms with Crippen LogP contribution in [0.5, 0.6) is 0 Å². The van der Waals surface area contributed by atoms with Crippen molar-refractivity contribution in [3.8, 4) is 5.69 Å². The van der Waals surface area contributed by atoms with Gasteiger partial charge in [0, 0.05) is 47.5 Å². The van der Waals surface area contributed by atoms with E-state index in [1.54, 1.807) is 12.3 Å². The van der Waals surface area contributed by atoms with Gasteiger partial charge in [0.2, 0.25) is 0 Å². The SMILES string of the molecule is CC1CC(C)(C)N(C)c2cc(Cl)c(/C=N/NC(=O)c3cccc(-n4cccc4)c3)cc21. The molecule has 1 unspecified atom stereocenters. The normalized spacial score (nSPS) is 17.6. The number of halogens is 1. The van der Waals surface area contributed by atoms with Gasteiger partial charge >= 0.3 is 0 Å². The highest BCUT2D eigenvalue weighted by molar-refractivity contribution is 6.33. The van der Waals surface area contributed by atoms with Crippen molar-refractivity contribution in [1.82, 2.24) is 9.99 Å². The Kier molecular flexibility index (Phi) is 5.63. The molecule has 160 valence electrons. The van der Waals surface area contributed by atoms with Crippen LogP contribution in [-0.2, 0) is 0 Å². The number of hydrazone groups is 1. The van der Waals surface area contributed by atoms with E-state index in [0.717, 1.165) is 23.4 Å². The lowest BCUT2D eigenvalue weighted by molar-refractivity contribution is 0.0955. The van der Waals surface area contributed by atoms with Gasteiger partial charge in [-0.25, -0.2) is 5.43 Å². The maximum absolute atomic E-state index is 12.6. The number of anilines is 1. The van der Waals surface area contributed by atoms with Gasteiger partial charge in [0.15, 0.2) is 0 Å². The maximum Gasteiger partial charge on any atom is 0.271 e. The van der Waals surface area contributed by atoms with Crippen molar-refractivity contribution in [2.24, 2.45) is 5.10 Å². The van der Waals surface area contributed by atoms with Crippen molar-refractivity contribution in [1.29, 1.82) is 0 Å². The molecule has 0 spiro atoms. The number of aromatic nitrogens is 1. The van der Waals surface area contributed by atoms with E-state index >= 15 is 0 Å². The number of carbonyl (C=O) groups is 1. The molecule has 0 radical (unpaired) electrons. The van der Waals surface area contributed by atoms with Crippen molar-refractivity contribution in [2.75, 3.05) is 11.9 Å². The Balaban J connectivity index is 1.52. The average Bonchev–Trinajstić information content (AvgIpc) is 3.28. The van der Waals surface area contributed by atoms with Gasteiger partial charge < -0.3 is 9.47 Å². The number of hydrogen-bond acceptors (Lipinski definition) is 3. The second kappa shape index (κ2) is 8.23. The quantitative estimate of drug-likeness (QED) is 0.428. The molecule has 3 aromatic rings. The smallest absolute Gasteiger partial charge is 0.271 e. The number of benzene rings is 2. The van der Waals surface area contributed by atoms with Crippen molar-refractivity contribution < 1.29 is 4.79 Å². The third-order valence-corrected chi connectivity index (χ3v) is 6.46. The Labute approximate surface area is 188 Å². The minimum atomic E-state index is -0.269. The molecule has 1 aliphatic heterocycles. The predicted octanol–water partition coefficient (Wildman–Crippen LogP) is 5.62. The zero-order valence-corrected chi connectivity index (χ0v) is 19.0. The highest BCUT2D eigenvalue weighted by Crippen LogP contribution is 2.44. The van der Waals surface area contributed by atoms with E-state index in [1.165, 1.54) is 5.56 Å². The number of amides is 1. The largest absolute Gasteiger partial charge is 0.369 e. The highest BCUT2D eigenvalue weighted by atomic mass is 35.5. The minimum absolute atomic E-state index is 0.0779. The van der Waals surface area contributed by atoms with Crippen LogP contribution in [0, 0.1) is 0 Å². The molecule has 1 atom stereocenters. The molecule has 1 amide bonds. The van der Waals surface area contributed by atoms with Gasteiger partial charge in [-0.2, -0.15) is 5.10 Å². The molecule has 2 aromatic carbocycles. The summed E-state index contributed by atoms with van der Waals surface area (Å²) < 4.78 is 1.95. The summed E-state index contributed by atoms with van der Waals surface area (Å²) in [5.41, 5.74) is 7.34. The summed E-state index contributed by atoms with van der Waals surface area (Å²) >= 11 is 6.54. The number of nitrogens with zero attached hydrogens (tertiary/aromatic N) is 3. The number of hydrogen-bond donors (Lipinski definition) is 1. The van der Waals surface area contributed by atoms with Crippen molar-refractivity contribution in [2.45, 2.75) is 38.6 Å². The van der Waals surface area contributed by atoms with Gasteiger partial charge in [0.05, 0.1) is 11.2 Å². The van der Waals surface area contributed by atoms with Crippen molar-refractivity contribution in [3.63, 3.8) is 0 Å². The first kappa shape index (κ1) is 21.2. The molecule has 1 aromatic heterocycles. The fourth-order valence-electron chi connectivity index (χ4n) is 4.24. The Bertz CT molecular complexity index is 1130. The molecular formula is C25H27ClN4O. The highest BCUT2D eigenvalue weighted by Gasteiger charge is 2.34. The van der Waals surface area contributed by atoms with Gasteiger partial charge in [-0.15, -0.1) is 0 Å². The van der Waals surface area contributed by atoms with Crippen LogP contribution >= 0.6 is 11.6 Å². The first-order chi connectivity index (χ1) is 14.8. The van der Waals surface area contributed by atoms with Crippen LogP contribution < -0.4 is 10.3 Å². The summed E-state index contributed by atoms with van der Waals surface area (Å²) in [5.74, 6) is 0.144. The van der Waals surface area contributed by atoms with E-state index in [0.29, 0.717) is 16.5 Å². The lowest BCUT2D eigenvalue weighted by atomic mass is 9.80. The summed E-state index contributed by atoms with van der Waals surface area (Å²) in [4.78, 5) is 14.9. The van der Waals surface area contributed by atoms with Gasteiger partial charge in [-0.1, -0.05) is 24.6 Å². The molecule has 0 bridgehead atoms. The molecule has 31 heavy (non-hydrogen) atoms. The zero-order valence-electron chi connectivity index (χ0n) is 18.3. The number of rotatable bonds is 4. The lowest BCUT2D eigenvalue weighted by Gasteiger charge is -2.45. The molecule has 5 nitrogen and oxygen atoms in total. The van der Waals surface area contributed by atoms with Crippen LogP contribution in [0.1, 0.15) is 54.6 Å². The summed E-state index contributed by atoms with van der Waals surface area (Å²) in [7, 11) is 2.11. The van der Waals surface area contributed by atoms with Crippen LogP contribution in [0.3, 0.4) is 0 Å². The number of fused-ring (bicyclic) bond motifs is 1. The second-order valence-corrected chi connectivity index (χ2v) is 9.16. The molecule has 4 rings (SSSR count). The van der Waals surface area contributed by atoms with Gasteiger partial charge in [0.25, 0.3) is 5.91 Å².